The van der Waals surface area contributed by atoms with E-state index in [1.54, 1.807) is 0 Å². The molecule has 0 bridgehead atoms. The van der Waals surface area contributed by atoms with Crippen molar-refractivity contribution < 1.29 is 10.2 Å². The summed E-state index contributed by atoms with van der Waals surface area (Å²) in [5.74, 6) is 0. The molecule has 0 aromatic heterocycles. The standard InChI is InChI=1S/C49H38O2/c1-31(50)49(32(2)51)47-29-43(37-15-11-35(12-16-37)41-21-19-33-7-3-5-9-39(33)27-41)23-25-45(47)46-26-24-44(30-48(46)49)38-17-13-36(14-18-38)42-22-20-34-8-4-6-10-40(34)28-42/h3-32,50-51H,1-2H3. The van der Waals surface area contributed by atoms with Crippen LogP contribution < -0.4 is 0 Å². The van der Waals surface area contributed by atoms with Crippen molar-refractivity contribution in [1.29, 1.82) is 0 Å². The van der Waals surface area contributed by atoms with E-state index in [1.807, 2.05) is 13.8 Å². The van der Waals surface area contributed by atoms with E-state index in [0.717, 1.165) is 44.5 Å². The third kappa shape index (κ3) is 5.10. The van der Waals surface area contributed by atoms with Gasteiger partial charge in [-0.3, -0.25) is 0 Å². The Kier molecular flexibility index (Phi) is 7.47. The van der Waals surface area contributed by atoms with Gasteiger partial charge in [-0.05, 0) is 126 Å². The molecule has 51 heavy (non-hydrogen) atoms. The van der Waals surface area contributed by atoms with Gasteiger partial charge in [0.05, 0.1) is 17.6 Å². The fraction of sp³-hybridized carbons (Fsp3) is 0.102. The summed E-state index contributed by atoms with van der Waals surface area (Å²) in [7, 11) is 0. The van der Waals surface area contributed by atoms with E-state index < -0.39 is 17.6 Å². The van der Waals surface area contributed by atoms with Gasteiger partial charge in [0, 0.05) is 0 Å². The van der Waals surface area contributed by atoms with Crippen LogP contribution >= 0.6 is 0 Å². The third-order valence-corrected chi connectivity index (χ3v) is 11.1. The average Bonchev–Trinajstić information content (AvgIpc) is 3.48. The van der Waals surface area contributed by atoms with E-state index in [2.05, 4.69) is 170 Å². The van der Waals surface area contributed by atoms with Crippen molar-refractivity contribution >= 4 is 21.5 Å². The molecule has 1 aliphatic carbocycles. The lowest BCUT2D eigenvalue weighted by molar-refractivity contribution is 0.0276. The Morgan fingerprint density at radius 3 is 0.980 bits per heavy atom. The van der Waals surface area contributed by atoms with Crippen LogP contribution in [0.2, 0.25) is 0 Å². The van der Waals surface area contributed by atoms with Crippen molar-refractivity contribution in [2.75, 3.05) is 0 Å². The summed E-state index contributed by atoms with van der Waals surface area (Å²) in [6, 6.07) is 60.4. The van der Waals surface area contributed by atoms with Crippen LogP contribution in [0.5, 0.6) is 0 Å². The molecule has 8 aromatic rings. The number of aliphatic hydroxyl groups is 2. The fourth-order valence-corrected chi connectivity index (χ4v) is 8.44. The highest BCUT2D eigenvalue weighted by molar-refractivity contribution is 5.90. The van der Waals surface area contributed by atoms with Gasteiger partial charge in [-0.2, -0.15) is 0 Å². The van der Waals surface area contributed by atoms with E-state index in [4.69, 9.17) is 0 Å². The number of aliphatic hydroxyl groups excluding tert-OH is 2. The molecule has 2 nitrogen and oxygen atoms in total. The summed E-state index contributed by atoms with van der Waals surface area (Å²) in [6.45, 7) is 3.61. The molecule has 8 aromatic carbocycles. The zero-order valence-electron chi connectivity index (χ0n) is 28.7. The Morgan fingerprint density at radius 2 is 0.627 bits per heavy atom. The summed E-state index contributed by atoms with van der Waals surface area (Å²) in [4.78, 5) is 0. The van der Waals surface area contributed by atoms with Crippen LogP contribution in [0.25, 0.3) is 77.2 Å². The largest absolute Gasteiger partial charge is 0.392 e. The van der Waals surface area contributed by atoms with Crippen LogP contribution in [0.15, 0.2) is 170 Å². The number of benzene rings is 8. The second-order valence-electron chi connectivity index (χ2n) is 14.0. The van der Waals surface area contributed by atoms with Gasteiger partial charge in [0.1, 0.15) is 0 Å². The van der Waals surface area contributed by atoms with E-state index in [1.165, 1.54) is 43.8 Å². The maximum Gasteiger partial charge on any atom is 0.0727 e. The van der Waals surface area contributed by atoms with Crippen molar-refractivity contribution in [2.45, 2.75) is 31.5 Å². The highest BCUT2D eigenvalue weighted by atomic mass is 16.3. The van der Waals surface area contributed by atoms with E-state index in [9.17, 15) is 10.2 Å². The Labute approximate surface area is 298 Å². The normalized spacial score (nSPS) is 14.3. The molecule has 9 rings (SSSR count). The zero-order chi connectivity index (χ0) is 34.7. The van der Waals surface area contributed by atoms with Gasteiger partial charge in [-0.15, -0.1) is 0 Å². The Morgan fingerprint density at radius 1 is 0.333 bits per heavy atom. The molecule has 1 aliphatic rings. The minimum atomic E-state index is -0.979. The molecular weight excluding hydrogens is 621 g/mol. The summed E-state index contributed by atoms with van der Waals surface area (Å²) in [5.41, 5.74) is 12.1. The molecule has 246 valence electrons. The molecule has 0 radical (unpaired) electrons. The Balaban J connectivity index is 1.07. The quantitative estimate of drug-likeness (QED) is 0.187. The second-order valence-corrected chi connectivity index (χ2v) is 14.0. The predicted octanol–water partition coefficient (Wildman–Crippen LogP) is 11.7. The smallest absolute Gasteiger partial charge is 0.0727 e. The van der Waals surface area contributed by atoms with Gasteiger partial charge in [0.15, 0.2) is 0 Å². The van der Waals surface area contributed by atoms with Crippen molar-refractivity contribution in [3.8, 4) is 55.6 Å². The van der Waals surface area contributed by atoms with Gasteiger partial charge >= 0.3 is 0 Å². The van der Waals surface area contributed by atoms with Crippen molar-refractivity contribution in [3.63, 3.8) is 0 Å². The van der Waals surface area contributed by atoms with Crippen LogP contribution in [0.4, 0.5) is 0 Å². The minimum Gasteiger partial charge on any atom is -0.392 e. The monoisotopic (exact) mass is 658 g/mol. The van der Waals surface area contributed by atoms with Gasteiger partial charge in [-0.25, -0.2) is 0 Å². The molecule has 2 N–H and O–H groups in total. The molecule has 0 heterocycles. The maximum absolute atomic E-state index is 11.6. The van der Waals surface area contributed by atoms with Crippen LogP contribution in [-0.4, -0.2) is 22.4 Å². The first-order valence-corrected chi connectivity index (χ1v) is 17.7. The highest BCUT2D eigenvalue weighted by Crippen LogP contribution is 2.54. The summed E-state index contributed by atoms with van der Waals surface area (Å²) in [6.07, 6.45) is -1.65. The van der Waals surface area contributed by atoms with Crippen LogP contribution in [0.3, 0.4) is 0 Å². The molecule has 0 saturated carbocycles. The lowest BCUT2D eigenvalue weighted by Crippen LogP contribution is -2.46. The van der Waals surface area contributed by atoms with Crippen molar-refractivity contribution in [2.24, 2.45) is 0 Å². The average molecular weight is 659 g/mol. The van der Waals surface area contributed by atoms with Gasteiger partial charge in [-0.1, -0.05) is 146 Å². The number of hydrogen-bond donors (Lipinski definition) is 2. The van der Waals surface area contributed by atoms with Gasteiger partial charge < -0.3 is 10.2 Å². The SMILES string of the molecule is CC(O)C1(C(C)O)c2cc(-c3ccc(-c4ccc5ccccc5c4)cc3)ccc2-c2ccc(-c3ccc(-c4ccc5ccccc5c4)cc3)cc21. The van der Waals surface area contributed by atoms with Gasteiger partial charge in [0.2, 0.25) is 0 Å². The maximum atomic E-state index is 11.6. The van der Waals surface area contributed by atoms with Crippen LogP contribution in [0, 0.1) is 0 Å². The summed E-state index contributed by atoms with van der Waals surface area (Å²) in [5, 5.41) is 28.1. The number of hydrogen-bond acceptors (Lipinski definition) is 2. The Hall–Kier alpha value is -5.80. The van der Waals surface area contributed by atoms with E-state index in [0.29, 0.717) is 0 Å². The molecule has 2 heteroatoms. The molecule has 0 fully saturated rings. The lowest BCUT2D eigenvalue weighted by Gasteiger charge is -2.38. The van der Waals surface area contributed by atoms with Gasteiger partial charge in [0.25, 0.3) is 0 Å². The number of fused-ring (bicyclic) bond motifs is 5. The highest BCUT2D eigenvalue weighted by Gasteiger charge is 2.50. The molecular formula is C49H38O2. The molecule has 0 amide bonds. The lowest BCUT2D eigenvalue weighted by atomic mass is 9.69. The molecule has 0 saturated heterocycles. The number of rotatable bonds is 6. The first kappa shape index (κ1) is 31.2. The fourth-order valence-electron chi connectivity index (χ4n) is 8.44. The van der Waals surface area contributed by atoms with Crippen LogP contribution in [0.1, 0.15) is 25.0 Å². The first-order chi connectivity index (χ1) is 24.9. The molecule has 2 unspecified atom stereocenters. The molecule has 2 atom stereocenters. The predicted molar refractivity (Wildman–Crippen MR) is 213 cm³/mol. The summed E-state index contributed by atoms with van der Waals surface area (Å²) < 4.78 is 0. The van der Waals surface area contributed by atoms with Crippen LogP contribution in [-0.2, 0) is 5.41 Å². The topological polar surface area (TPSA) is 40.5 Å². The van der Waals surface area contributed by atoms with E-state index in [-0.39, 0.29) is 0 Å². The molecule has 0 aliphatic heterocycles. The second kappa shape index (κ2) is 12.2. The zero-order valence-corrected chi connectivity index (χ0v) is 28.7. The minimum absolute atomic E-state index is 0.825. The van der Waals surface area contributed by atoms with Crippen molar-refractivity contribution in [3.05, 3.63) is 181 Å². The van der Waals surface area contributed by atoms with E-state index >= 15 is 0 Å². The summed E-state index contributed by atoms with van der Waals surface area (Å²) >= 11 is 0. The molecule has 0 spiro atoms. The van der Waals surface area contributed by atoms with Crippen molar-refractivity contribution in [1.82, 2.24) is 0 Å². The third-order valence-electron chi connectivity index (χ3n) is 11.1. The first-order valence-electron chi connectivity index (χ1n) is 17.7. The Bertz CT molecular complexity index is 2390.